The van der Waals surface area contributed by atoms with E-state index in [2.05, 4.69) is 0 Å². The Labute approximate surface area is 123 Å². The summed E-state index contributed by atoms with van der Waals surface area (Å²) < 4.78 is 11.0. The number of methoxy groups -OCH3 is 1. The Bertz CT molecular complexity index is 641. The molecule has 2 aromatic carbocycles. The molecular formula is C16H18N2O3. The third-order valence-corrected chi connectivity index (χ3v) is 3.07. The summed E-state index contributed by atoms with van der Waals surface area (Å²) in [6.07, 6.45) is 0. The molecule has 2 rings (SSSR count). The van der Waals surface area contributed by atoms with Gasteiger partial charge in [0.15, 0.2) is 0 Å². The summed E-state index contributed by atoms with van der Waals surface area (Å²) in [5, 5.41) is 16.6. The third kappa shape index (κ3) is 3.73. The first-order valence-electron chi connectivity index (χ1n) is 6.48. The second-order valence-corrected chi connectivity index (χ2v) is 4.53. The lowest BCUT2D eigenvalue weighted by atomic mass is 10.1. The molecule has 0 bridgehead atoms. The van der Waals surface area contributed by atoms with E-state index >= 15 is 0 Å². The predicted octanol–water partition coefficient (Wildman–Crippen LogP) is 2.05. The van der Waals surface area contributed by atoms with E-state index in [1.807, 2.05) is 18.2 Å². The monoisotopic (exact) mass is 286 g/mol. The zero-order chi connectivity index (χ0) is 15.2. The minimum atomic E-state index is -0.0274. The highest BCUT2D eigenvalue weighted by atomic mass is 16.5. The van der Waals surface area contributed by atoms with Crippen LogP contribution in [0.2, 0.25) is 0 Å². The summed E-state index contributed by atoms with van der Waals surface area (Å²) in [6.45, 7) is 0.263. The Hall–Kier alpha value is -2.53. The molecule has 0 heterocycles. The first-order chi connectivity index (χ1) is 10.1. The van der Waals surface area contributed by atoms with Crippen LogP contribution in [0.5, 0.6) is 11.5 Å². The number of hydrogen-bond acceptors (Lipinski definition) is 4. The Balaban J connectivity index is 2.17. The Morgan fingerprint density at radius 1 is 1.24 bits per heavy atom. The number of nitrogens with two attached hydrogens (primary N) is 1. The fourth-order valence-electron chi connectivity index (χ4n) is 1.95. The predicted molar refractivity (Wildman–Crippen MR) is 80.7 cm³/mol. The van der Waals surface area contributed by atoms with Gasteiger partial charge < -0.3 is 20.3 Å². The molecule has 5 nitrogen and oxygen atoms in total. The number of rotatable bonds is 6. The van der Waals surface area contributed by atoms with Gasteiger partial charge in [-0.05, 0) is 35.9 Å². The van der Waals surface area contributed by atoms with Gasteiger partial charge in [-0.1, -0.05) is 12.1 Å². The molecule has 5 heteroatoms. The van der Waals surface area contributed by atoms with Crippen LogP contribution in [0.1, 0.15) is 16.7 Å². The quantitative estimate of drug-likeness (QED) is 0.560. The van der Waals surface area contributed by atoms with Crippen LogP contribution in [0.4, 0.5) is 0 Å². The SMILES string of the molecule is COc1ccc(C(=N)N)cc1COc1cccc(CO)c1. The number of hydrogen-bond donors (Lipinski definition) is 3. The normalized spacial score (nSPS) is 10.2. The molecule has 0 amide bonds. The largest absolute Gasteiger partial charge is 0.496 e. The molecule has 2 aromatic rings. The second kappa shape index (κ2) is 6.76. The van der Waals surface area contributed by atoms with Gasteiger partial charge in [-0.15, -0.1) is 0 Å². The van der Waals surface area contributed by atoms with Crippen molar-refractivity contribution in [1.29, 1.82) is 5.41 Å². The molecule has 0 radical (unpaired) electrons. The first kappa shape index (κ1) is 14.9. The summed E-state index contributed by atoms with van der Waals surface area (Å²) in [5.41, 5.74) is 7.71. The van der Waals surface area contributed by atoms with Gasteiger partial charge in [-0.25, -0.2) is 0 Å². The van der Waals surface area contributed by atoms with E-state index < -0.39 is 0 Å². The maximum atomic E-state index is 9.11. The van der Waals surface area contributed by atoms with Gasteiger partial charge in [0.1, 0.15) is 23.9 Å². The van der Waals surface area contributed by atoms with Gasteiger partial charge in [-0.3, -0.25) is 5.41 Å². The lowest BCUT2D eigenvalue weighted by Crippen LogP contribution is -2.12. The molecule has 110 valence electrons. The lowest BCUT2D eigenvalue weighted by molar-refractivity contribution is 0.276. The standard InChI is InChI=1S/C16H18N2O3/c1-20-15-6-5-12(16(17)18)8-13(15)10-21-14-4-2-3-11(7-14)9-19/h2-8,19H,9-10H2,1H3,(H3,17,18). The van der Waals surface area contributed by atoms with E-state index in [9.17, 15) is 0 Å². The van der Waals surface area contributed by atoms with Crippen molar-refractivity contribution >= 4 is 5.84 Å². The smallest absolute Gasteiger partial charge is 0.125 e. The molecule has 0 aliphatic heterocycles. The fourth-order valence-corrected chi connectivity index (χ4v) is 1.95. The van der Waals surface area contributed by atoms with Gasteiger partial charge in [0.25, 0.3) is 0 Å². The van der Waals surface area contributed by atoms with Crippen molar-refractivity contribution in [3.8, 4) is 11.5 Å². The van der Waals surface area contributed by atoms with Crippen molar-refractivity contribution in [2.45, 2.75) is 13.2 Å². The van der Waals surface area contributed by atoms with Crippen LogP contribution >= 0.6 is 0 Å². The van der Waals surface area contributed by atoms with Crippen LogP contribution in [0, 0.1) is 5.41 Å². The molecule has 0 aliphatic rings. The van der Waals surface area contributed by atoms with Crippen molar-refractivity contribution < 1.29 is 14.6 Å². The summed E-state index contributed by atoms with van der Waals surface area (Å²) in [5.74, 6) is 1.34. The van der Waals surface area contributed by atoms with E-state index in [-0.39, 0.29) is 12.4 Å². The minimum Gasteiger partial charge on any atom is -0.496 e. The van der Waals surface area contributed by atoms with E-state index in [1.54, 1.807) is 31.4 Å². The Morgan fingerprint density at radius 3 is 2.71 bits per heavy atom. The number of nitrogens with one attached hydrogen (secondary N) is 1. The number of benzene rings is 2. The lowest BCUT2D eigenvalue weighted by Gasteiger charge is -2.12. The Morgan fingerprint density at radius 2 is 2.05 bits per heavy atom. The van der Waals surface area contributed by atoms with E-state index in [0.717, 1.165) is 11.1 Å². The average Bonchev–Trinajstić information content (AvgIpc) is 2.52. The molecule has 0 saturated heterocycles. The molecule has 0 atom stereocenters. The molecule has 0 aromatic heterocycles. The number of nitrogen functional groups attached to an aromatic ring is 1. The van der Waals surface area contributed by atoms with E-state index in [0.29, 0.717) is 23.7 Å². The van der Waals surface area contributed by atoms with Crippen molar-refractivity contribution in [3.63, 3.8) is 0 Å². The Kier molecular flexibility index (Phi) is 4.79. The van der Waals surface area contributed by atoms with Crippen LogP contribution in [-0.2, 0) is 13.2 Å². The van der Waals surface area contributed by atoms with Gasteiger partial charge in [-0.2, -0.15) is 0 Å². The summed E-state index contributed by atoms with van der Waals surface area (Å²) >= 11 is 0. The van der Waals surface area contributed by atoms with Gasteiger partial charge in [0, 0.05) is 11.1 Å². The minimum absolute atomic E-state index is 0.00109. The highest BCUT2D eigenvalue weighted by Crippen LogP contribution is 2.22. The molecule has 0 spiro atoms. The molecule has 0 saturated carbocycles. The maximum absolute atomic E-state index is 9.11. The van der Waals surface area contributed by atoms with Crippen LogP contribution in [-0.4, -0.2) is 18.1 Å². The van der Waals surface area contributed by atoms with Crippen molar-refractivity contribution in [2.75, 3.05) is 7.11 Å². The third-order valence-electron chi connectivity index (χ3n) is 3.07. The number of aliphatic hydroxyl groups is 1. The zero-order valence-electron chi connectivity index (χ0n) is 11.8. The van der Waals surface area contributed by atoms with Gasteiger partial charge in [0.2, 0.25) is 0 Å². The number of aliphatic hydroxyl groups excluding tert-OH is 1. The summed E-state index contributed by atoms with van der Waals surface area (Å²) in [7, 11) is 1.58. The van der Waals surface area contributed by atoms with Gasteiger partial charge in [0.05, 0.1) is 13.7 Å². The molecule has 0 fully saturated rings. The van der Waals surface area contributed by atoms with E-state index in [1.165, 1.54) is 0 Å². The van der Waals surface area contributed by atoms with Crippen molar-refractivity contribution in [1.82, 2.24) is 0 Å². The van der Waals surface area contributed by atoms with Crippen LogP contribution in [0.3, 0.4) is 0 Å². The summed E-state index contributed by atoms with van der Waals surface area (Å²) in [4.78, 5) is 0. The number of amidine groups is 1. The maximum Gasteiger partial charge on any atom is 0.125 e. The fraction of sp³-hybridized carbons (Fsp3) is 0.188. The zero-order valence-corrected chi connectivity index (χ0v) is 11.8. The average molecular weight is 286 g/mol. The molecule has 0 unspecified atom stereocenters. The van der Waals surface area contributed by atoms with E-state index in [4.69, 9.17) is 25.7 Å². The van der Waals surface area contributed by atoms with Crippen molar-refractivity contribution in [2.24, 2.45) is 5.73 Å². The molecular weight excluding hydrogens is 268 g/mol. The highest BCUT2D eigenvalue weighted by molar-refractivity contribution is 5.95. The molecule has 21 heavy (non-hydrogen) atoms. The first-order valence-corrected chi connectivity index (χ1v) is 6.48. The van der Waals surface area contributed by atoms with Crippen LogP contribution in [0.25, 0.3) is 0 Å². The van der Waals surface area contributed by atoms with Crippen molar-refractivity contribution in [3.05, 3.63) is 59.2 Å². The molecule has 4 N–H and O–H groups in total. The van der Waals surface area contributed by atoms with Crippen LogP contribution in [0.15, 0.2) is 42.5 Å². The number of ether oxygens (including phenoxy) is 2. The summed E-state index contributed by atoms with van der Waals surface area (Å²) in [6, 6.07) is 12.5. The topological polar surface area (TPSA) is 88.6 Å². The second-order valence-electron chi connectivity index (χ2n) is 4.53. The molecule has 0 aliphatic carbocycles. The van der Waals surface area contributed by atoms with Gasteiger partial charge >= 0.3 is 0 Å². The van der Waals surface area contributed by atoms with Crippen LogP contribution < -0.4 is 15.2 Å². The highest BCUT2D eigenvalue weighted by Gasteiger charge is 2.07.